The highest BCUT2D eigenvalue weighted by atomic mass is 32.2. The molecule has 0 N–H and O–H groups in total. The first-order valence-electron chi connectivity index (χ1n) is 8.21. The van der Waals surface area contributed by atoms with Gasteiger partial charge in [-0.25, -0.2) is 0 Å². The van der Waals surface area contributed by atoms with Crippen LogP contribution in [0.1, 0.15) is 23.5 Å². The number of aryl methyl sites for hydroxylation is 2. The molecule has 0 unspecified atom stereocenters. The van der Waals surface area contributed by atoms with Gasteiger partial charge in [0.1, 0.15) is 0 Å². The zero-order valence-electron chi connectivity index (χ0n) is 14.2. The van der Waals surface area contributed by atoms with Crippen molar-refractivity contribution in [3.05, 3.63) is 41.6 Å². The molecule has 3 heterocycles. The Morgan fingerprint density at radius 2 is 2.00 bits per heavy atom. The lowest BCUT2D eigenvalue weighted by atomic mass is 9.89. The number of rotatable bonds is 2. The summed E-state index contributed by atoms with van der Waals surface area (Å²) in [6, 6.07) is 7.63. The fourth-order valence-electron chi connectivity index (χ4n) is 3.98. The maximum atomic E-state index is 13.3. The third-order valence-corrected chi connectivity index (χ3v) is 6.84. The molecule has 0 aliphatic carbocycles. The molecule has 1 aromatic carbocycles. The number of hydrogen-bond donors (Lipinski definition) is 0. The molecule has 1 aromatic heterocycles. The normalized spacial score (nSPS) is 24.0. The zero-order valence-corrected chi connectivity index (χ0v) is 15.0. The summed E-state index contributed by atoms with van der Waals surface area (Å²) in [5.41, 5.74) is 3.13. The average Bonchev–Trinajstić information content (AvgIpc) is 3.09. The Labute approximate surface area is 142 Å². The number of piperidine rings is 1. The van der Waals surface area contributed by atoms with E-state index in [2.05, 4.69) is 30.0 Å². The van der Waals surface area contributed by atoms with Gasteiger partial charge in [-0.3, -0.25) is 8.99 Å². The molecule has 24 heavy (non-hydrogen) atoms. The van der Waals surface area contributed by atoms with Crippen LogP contribution in [0.2, 0.25) is 0 Å². The fourth-order valence-corrected chi connectivity index (χ4v) is 5.68. The fraction of sp³-hybridized carbons (Fsp3) is 0.471. The van der Waals surface area contributed by atoms with E-state index in [1.807, 2.05) is 12.1 Å². The van der Waals surface area contributed by atoms with Crippen molar-refractivity contribution < 1.29 is 8.42 Å². The number of likely N-dealkylation sites (N-methyl/N-ethyl adjacent to an activating group) is 1. The van der Waals surface area contributed by atoms with Crippen molar-refractivity contribution in [2.45, 2.75) is 30.3 Å². The van der Waals surface area contributed by atoms with E-state index in [-0.39, 0.29) is 17.0 Å². The van der Waals surface area contributed by atoms with Crippen LogP contribution in [0.3, 0.4) is 0 Å². The summed E-state index contributed by atoms with van der Waals surface area (Å²) in [5.74, 6) is 0.220. The third-order valence-electron chi connectivity index (χ3n) is 5.11. The van der Waals surface area contributed by atoms with E-state index < -0.39 is 10.0 Å². The molecule has 7 heteroatoms. The van der Waals surface area contributed by atoms with Gasteiger partial charge >= 0.3 is 0 Å². The van der Waals surface area contributed by atoms with Crippen LogP contribution >= 0.6 is 0 Å². The average molecular weight is 346 g/mol. The molecule has 0 bridgehead atoms. The number of fused-ring (bicyclic) bond motifs is 3. The van der Waals surface area contributed by atoms with Crippen molar-refractivity contribution in [1.82, 2.24) is 14.7 Å². The first-order valence-corrected chi connectivity index (χ1v) is 9.65. The minimum absolute atomic E-state index is 0.0231. The molecule has 0 amide bonds. The summed E-state index contributed by atoms with van der Waals surface area (Å²) < 4.78 is 29.7. The van der Waals surface area contributed by atoms with E-state index in [9.17, 15) is 8.42 Å². The summed E-state index contributed by atoms with van der Waals surface area (Å²) in [4.78, 5) is 2.28. The number of likely N-dealkylation sites (tertiary alicyclic amines) is 1. The monoisotopic (exact) mass is 346 g/mol. The Morgan fingerprint density at radius 1 is 1.21 bits per heavy atom. The van der Waals surface area contributed by atoms with Crippen molar-refractivity contribution in [2.24, 2.45) is 7.05 Å². The molecule has 2 atom stereocenters. The lowest BCUT2D eigenvalue weighted by Gasteiger charge is -2.36. The van der Waals surface area contributed by atoms with Gasteiger partial charge in [-0.2, -0.15) is 13.5 Å². The number of hydrogen-bond acceptors (Lipinski definition) is 4. The van der Waals surface area contributed by atoms with Crippen LogP contribution < -0.4 is 4.31 Å². The zero-order chi connectivity index (χ0) is 17.1. The lowest BCUT2D eigenvalue weighted by Crippen LogP contribution is -2.47. The smallest absolute Gasteiger partial charge is 0.283 e. The van der Waals surface area contributed by atoms with E-state index in [4.69, 9.17) is 0 Å². The van der Waals surface area contributed by atoms with E-state index in [1.54, 1.807) is 23.6 Å². The Bertz CT molecular complexity index is 890. The van der Waals surface area contributed by atoms with Gasteiger partial charge in [0.2, 0.25) is 0 Å². The molecule has 1 fully saturated rings. The van der Waals surface area contributed by atoms with Crippen molar-refractivity contribution in [1.29, 1.82) is 0 Å². The minimum Gasteiger partial charge on any atom is -0.306 e. The van der Waals surface area contributed by atoms with Crippen LogP contribution in [-0.2, 0) is 17.1 Å². The molecule has 2 aliphatic heterocycles. The first kappa shape index (κ1) is 15.7. The molecule has 128 valence electrons. The first-order chi connectivity index (χ1) is 11.4. The van der Waals surface area contributed by atoms with Gasteiger partial charge in [-0.1, -0.05) is 17.7 Å². The Morgan fingerprint density at radius 3 is 2.71 bits per heavy atom. The second-order valence-corrected chi connectivity index (χ2v) is 8.68. The molecule has 6 nitrogen and oxygen atoms in total. The quantitative estimate of drug-likeness (QED) is 0.831. The maximum absolute atomic E-state index is 13.3. The van der Waals surface area contributed by atoms with Gasteiger partial charge < -0.3 is 4.90 Å². The number of sulfonamides is 1. The molecule has 1 saturated heterocycles. The van der Waals surface area contributed by atoms with Crippen molar-refractivity contribution in [3.63, 3.8) is 0 Å². The van der Waals surface area contributed by atoms with Crippen LogP contribution in [-0.4, -0.2) is 49.3 Å². The number of benzene rings is 1. The molecule has 0 radical (unpaired) electrons. The number of aromatic nitrogens is 2. The molecule has 4 rings (SSSR count). The molecule has 0 spiro atoms. The second-order valence-electron chi connectivity index (χ2n) is 6.92. The van der Waals surface area contributed by atoms with E-state index in [1.165, 1.54) is 4.68 Å². The summed E-state index contributed by atoms with van der Waals surface area (Å²) >= 11 is 0. The third kappa shape index (κ3) is 2.26. The summed E-state index contributed by atoms with van der Waals surface area (Å²) in [5, 5.41) is 4.27. The highest BCUT2D eigenvalue weighted by Crippen LogP contribution is 2.47. The van der Waals surface area contributed by atoms with Gasteiger partial charge in [-0.15, -0.1) is 0 Å². The molecular weight excluding hydrogens is 324 g/mol. The van der Waals surface area contributed by atoms with Crippen molar-refractivity contribution in [2.75, 3.05) is 24.4 Å². The summed E-state index contributed by atoms with van der Waals surface area (Å²) in [6.07, 6.45) is 2.51. The van der Waals surface area contributed by atoms with Crippen LogP contribution in [0.5, 0.6) is 0 Å². The van der Waals surface area contributed by atoms with Gasteiger partial charge in [-0.05, 0) is 44.6 Å². The summed E-state index contributed by atoms with van der Waals surface area (Å²) in [7, 11) is 0.184. The van der Waals surface area contributed by atoms with Crippen molar-refractivity contribution in [3.8, 4) is 0 Å². The van der Waals surface area contributed by atoms with Gasteiger partial charge in [0.15, 0.2) is 5.03 Å². The van der Waals surface area contributed by atoms with Crippen molar-refractivity contribution >= 4 is 15.7 Å². The standard InChI is InChI=1S/C17H22N4O2S/c1-12-4-5-15-13(10-12)14-11-19(2)8-6-16(14)21(15)24(22,23)17-7-9-20(3)18-17/h4-5,7,9-10,14,16H,6,8,11H2,1-3H3/t14-,16-/m0/s1. The van der Waals surface area contributed by atoms with Crippen LogP contribution in [0.4, 0.5) is 5.69 Å². The molecular formula is C17H22N4O2S. The largest absolute Gasteiger partial charge is 0.306 e. The van der Waals surface area contributed by atoms with E-state index in [0.29, 0.717) is 0 Å². The van der Waals surface area contributed by atoms with E-state index in [0.717, 1.165) is 36.3 Å². The SMILES string of the molecule is Cc1ccc2c(c1)[C@@H]1CN(C)CC[C@@H]1N2S(=O)(=O)c1ccn(C)n1. The topological polar surface area (TPSA) is 58.4 Å². The van der Waals surface area contributed by atoms with E-state index >= 15 is 0 Å². The summed E-state index contributed by atoms with van der Waals surface area (Å²) in [6.45, 7) is 3.84. The number of anilines is 1. The Hall–Kier alpha value is -1.86. The lowest BCUT2D eigenvalue weighted by molar-refractivity contribution is 0.237. The van der Waals surface area contributed by atoms with Gasteiger partial charge in [0.05, 0.1) is 11.7 Å². The van der Waals surface area contributed by atoms with Crippen LogP contribution in [0.15, 0.2) is 35.5 Å². The van der Waals surface area contributed by atoms with Gasteiger partial charge in [0, 0.05) is 25.7 Å². The predicted octanol–water partition coefficient (Wildman–Crippen LogP) is 1.73. The van der Waals surface area contributed by atoms with Crippen LogP contribution in [0, 0.1) is 6.92 Å². The molecule has 2 aromatic rings. The highest BCUT2D eigenvalue weighted by molar-refractivity contribution is 7.92. The molecule has 2 aliphatic rings. The minimum atomic E-state index is -3.65. The molecule has 0 saturated carbocycles. The van der Waals surface area contributed by atoms with Gasteiger partial charge in [0.25, 0.3) is 10.0 Å². The predicted molar refractivity (Wildman–Crippen MR) is 92.7 cm³/mol. The highest BCUT2D eigenvalue weighted by Gasteiger charge is 2.47. The Kier molecular flexibility index (Phi) is 3.47. The maximum Gasteiger partial charge on any atom is 0.283 e. The second kappa shape index (κ2) is 5.32. The number of nitrogens with zero attached hydrogens (tertiary/aromatic N) is 4. The Balaban J connectivity index is 1.86. The van der Waals surface area contributed by atoms with Crippen LogP contribution in [0.25, 0.3) is 0 Å².